The number of halogens is 1. The summed E-state index contributed by atoms with van der Waals surface area (Å²) in [5, 5.41) is 7.59. The third-order valence-corrected chi connectivity index (χ3v) is 4.43. The Morgan fingerprint density at radius 1 is 1.23 bits per heavy atom. The Morgan fingerprint density at radius 3 is 2.73 bits per heavy atom. The van der Waals surface area contributed by atoms with Gasteiger partial charge < -0.3 is 5.73 Å². The predicted octanol–water partition coefficient (Wildman–Crippen LogP) is 4.22. The van der Waals surface area contributed by atoms with E-state index >= 15 is 0 Å². The number of rotatable bonds is 3. The van der Waals surface area contributed by atoms with Crippen molar-refractivity contribution in [2.75, 3.05) is 11.6 Å². The van der Waals surface area contributed by atoms with E-state index in [2.05, 4.69) is 43.1 Å². The fourth-order valence-corrected chi connectivity index (χ4v) is 3.13. The van der Waals surface area contributed by atoms with Crippen LogP contribution in [0.2, 0.25) is 5.02 Å². The van der Waals surface area contributed by atoms with Crippen molar-refractivity contribution in [2.45, 2.75) is 26.3 Å². The van der Waals surface area contributed by atoms with Gasteiger partial charge in [-0.1, -0.05) is 41.9 Å². The molecule has 0 spiro atoms. The van der Waals surface area contributed by atoms with E-state index in [-0.39, 0.29) is 6.04 Å². The highest BCUT2D eigenvalue weighted by Crippen LogP contribution is 2.39. The van der Waals surface area contributed by atoms with E-state index in [0.29, 0.717) is 6.54 Å². The van der Waals surface area contributed by atoms with E-state index < -0.39 is 0 Å². The van der Waals surface area contributed by atoms with Crippen molar-refractivity contribution in [2.24, 2.45) is 10.8 Å². The van der Waals surface area contributed by atoms with Crippen LogP contribution in [0.25, 0.3) is 0 Å². The molecule has 0 amide bonds. The van der Waals surface area contributed by atoms with Crippen LogP contribution >= 0.6 is 11.6 Å². The molecule has 4 heteroatoms. The minimum atomic E-state index is 0.104. The molecular formula is C18H20ClN3. The highest BCUT2D eigenvalue weighted by molar-refractivity contribution is 6.31. The van der Waals surface area contributed by atoms with Crippen LogP contribution in [0.4, 0.5) is 5.69 Å². The topological polar surface area (TPSA) is 41.6 Å². The molecule has 0 aromatic heterocycles. The average molecular weight is 314 g/mol. The fourth-order valence-electron chi connectivity index (χ4n) is 2.87. The molecule has 0 saturated heterocycles. The largest absolute Gasteiger partial charge is 0.325 e. The van der Waals surface area contributed by atoms with Gasteiger partial charge in [-0.3, -0.25) is 5.01 Å². The molecule has 1 aliphatic heterocycles. The lowest BCUT2D eigenvalue weighted by Crippen LogP contribution is -2.20. The minimum Gasteiger partial charge on any atom is -0.325 e. The van der Waals surface area contributed by atoms with Gasteiger partial charge in [0, 0.05) is 18.0 Å². The Kier molecular flexibility index (Phi) is 4.19. The van der Waals surface area contributed by atoms with E-state index in [9.17, 15) is 0 Å². The molecule has 0 bridgehead atoms. The summed E-state index contributed by atoms with van der Waals surface area (Å²) in [5.74, 6) is 0. The molecule has 0 aliphatic carbocycles. The van der Waals surface area contributed by atoms with Crippen LogP contribution in [0.15, 0.2) is 47.6 Å². The molecule has 1 heterocycles. The molecule has 22 heavy (non-hydrogen) atoms. The summed E-state index contributed by atoms with van der Waals surface area (Å²) in [6.45, 7) is 4.67. The van der Waals surface area contributed by atoms with Gasteiger partial charge >= 0.3 is 0 Å². The van der Waals surface area contributed by atoms with Crippen LogP contribution in [0.3, 0.4) is 0 Å². The van der Waals surface area contributed by atoms with Crippen LogP contribution in [-0.2, 0) is 0 Å². The maximum Gasteiger partial charge on any atom is 0.0843 e. The van der Waals surface area contributed by atoms with E-state index in [1.807, 2.05) is 18.2 Å². The van der Waals surface area contributed by atoms with Crippen molar-refractivity contribution in [1.29, 1.82) is 0 Å². The molecule has 2 aromatic rings. The van der Waals surface area contributed by atoms with Crippen molar-refractivity contribution in [3.05, 3.63) is 64.2 Å². The Bertz CT molecular complexity index is 724. The van der Waals surface area contributed by atoms with Crippen molar-refractivity contribution in [3.63, 3.8) is 0 Å². The standard InChI is InChI=1S/C18H20ClN3/c1-12-7-8-13(2)17(9-12)22-18(10-14(11-20)21-22)15-5-3-4-6-16(15)19/h3-9,18H,10-11,20H2,1-2H3. The van der Waals surface area contributed by atoms with E-state index in [1.165, 1.54) is 11.1 Å². The SMILES string of the molecule is Cc1ccc(C)c(N2N=C(CN)CC2c2ccccc2Cl)c1. The monoisotopic (exact) mass is 313 g/mol. The summed E-state index contributed by atoms with van der Waals surface area (Å²) < 4.78 is 0. The van der Waals surface area contributed by atoms with Crippen LogP contribution in [0.1, 0.15) is 29.2 Å². The van der Waals surface area contributed by atoms with E-state index in [4.69, 9.17) is 22.4 Å². The molecule has 0 radical (unpaired) electrons. The zero-order valence-corrected chi connectivity index (χ0v) is 13.6. The third kappa shape index (κ3) is 2.74. The lowest BCUT2D eigenvalue weighted by molar-refractivity contribution is 0.706. The molecule has 3 nitrogen and oxygen atoms in total. The van der Waals surface area contributed by atoms with Crippen molar-refractivity contribution in [1.82, 2.24) is 0 Å². The molecule has 0 fully saturated rings. The van der Waals surface area contributed by atoms with E-state index in [1.54, 1.807) is 0 Å². The summed E-state index contributed by atoms with van der Waals surface area (Å²) in [6, 6.07) is 14.5. The number of nitrogens with two attached hydrogens (primary N) is 1. The Balaban J connectivity index is 2.07. The lowest BCUT2D eigenvalue weighted by Gasteiger charge is -2.26. The Morgan fingerprint density at radius 2 is 2.00 bits per heavy atom. The number of nitrogens with zero attached hydrogens (tertiary/aromatic N) is 2. The quantitative estimate of drug-likeness (QED) is 0.921. The second-order valence-corrected chi connectivity index (χ2v) is 6.15. The number of hydrogen-bond donors (Lipinski definition) is 1. The first-order valence-electron chi connectivity index (χ1n) is 7.47. The smallest absolute Gasteiger partial charge is 0.0843 e. The first-order valence-corrected chi connectivity index (χ1v) is 7.85. The van der Waals surface area contributed by atoms with Crippen LogP contribution in [0, 0.1) is 13.8 Å². The van der Waals surface area contributed by atoms with Gasteiger partial charge in [-0.25, -0.2) is 0 Å². The zero-order valence-electron chi connectivity index (χ0n) is 12.9. The number of hydrazone groups is 1. The van der Waals surface area contributed by atoms with Crippen molar-refractivity contribution < 1.29 is 0 Å². The molecule has 0 saturated carbocycles. The molecule has 1 unspecified atom stereocenters. The van der Waals surface area contributed by atoms with Crippen LogP contribution in [0.5, 0.6) is 0 Å². The van der Waals surface area contributed by atoms with Crippen molar-refractivity contribution >= 4 is 23.0 Å². The number of hydrogen-bond acceptors (Lipinski definition) is 3. The molecular weight excluding hydrogens is 294 g/mol. The van der Waals surface area contributed by atoms with Crippen LogP contribution < -0.4 is 10.7 Å². The van der Waals surface area contributed by atoms with Gasteiger partial charge in [0.25, 0.3) is 0 Å². The number of anilines is 1. The number of benzene rings is 2. The van der Waals surface area contributed by atoms with E-state index in [0.717, 1.165) is 28.4 Å². The minimum absolute atomic E-state index is 0.104. The van der Waals surface area contributed by atoms with Gasteiger partial charge in [-0.2, -0.15) is 5.10 Å². The highest BCUT2D eigenvalue weighted by Gasteiger charge is 2.30. The summed E-state index contributed by atoms with van der Waals surface area (Å²) in [6.07, 6.45) is 0.813. The van der Waals surface area contributed by atoms with Gasteiger partial charge in [0.05, 0.1) is 17.4 Å². The number of aryl methyl sites for hydroxylation is 2. The molecule has 3 rings (SSSR count). The summed E-state index contributed by atoms with van der Waals surface area (Å²) in [4.78, 5) is 0. The zero-order chi connectivity index (χ0) is 15.7. The highest BCUT2D eigenvalue weighted by atomic mass is 35.5. The normalized spacial score (nSPS) is 17.7. The maximum atomic E-state index is 6.41. The van der Waals surface area contributed by atoms with Gasteiger partial charge in [-0.05, 0) is 42.7 Å². The molecule has 2 N–H and O–H groups in total. The van der Waals surface area contributed by atoms with Gasteiger partial charge in [-0.15, -0.1) is 0 Å². The summed E-state index contributed by atoms with van der Waals surface area (Å²) >= 11 is 6.41. The van der Waals surface area contributed by atoms with Gasteiger partial charge in [0.1, 0.15) is 0 Å². The van der Waals surface area contributed by atoms with Gasteiger partial charge in [0.15, 0.2) is 0 Å². The second-order valence-electron chi connectivity index (χ2n) is 5.75. The fraction of sp³-hybridized carbons (Fsp3) is 0.278. The Labute approximate surface area is 136 Å². The summed E-state index contributed by atoms with van der Waals surface area (Å²) in [7, 11) is 0. The van der Waals surface area contributed by atoms with Crippen LogP contribution in [-0.4, -0.2) is 12.3 Å². The molecule has 1 atom stereocenters. The first kappa shape index (κ1) is 15.1. The summed E-state index contributed by atoms with van der Waals surface area (Å²) in [5.41, 5.74) is 11.5. The average Bonchev–Trinajstić information content (AvgIpc) is 2.94. The van der Waals surface area contributed by atoms with Gasteiger partial charge in [0.2, 0.25) is 0 Å². The third-order valence-electron chi connectivity index (χ3n) is 4.08. The molecule has 114 valence electrons. The lowest BCUT2D eigenvalue weighted by atomic mass is 10.0. The molecule has 1 aliphatic rings. The predicted molar refractivity (Wildman–Crippen MR) is 93.7 cm³/mol. The molecule has 2 aromatic carbocycles. The van der Waals surface area contributed by atoms with Crippen molar-refractivity contribution in [3.8, 4) is 0 Å². The first-order chi connectivity index (χ1) is 10.6. The maximum absolute atomic E-state index is 6.41. The second kappa shape index (κ2) is 6.11. The Hall–Kier alpha value is -1.84.